The van der Waals surface area contributed by atoms with Crippen LogP contribution in [-0.4, -0.2) is 58.0 Å². The Morgan fingerprint density at radius 3 is 2.24 bits per heavy atom. The zero-order valence-electron chi connectivity index (χ0n) is 19.6. The van der Waals surface area contributed by atoms with Crippen LogP contribution in [0.4, 0.5) is 5.69 Å². The molecule has 0 aromatic heterocycles. The maximum absolute atomic E-state index is 13.3. The molecule has 1 saturated heterocycles. The molecular weight excluding hydrogens is 460 g/mol. The number of anilines is 1. The topological polar surface area (TPSA) is 111 Å². The summed E-state index contributed by atoms with van der Waals surface area (Å²) < 4.78 is 43.8. The summed E-state index contributed by atoms with van der Waals surface area (Å²) >= 11 is 0. The smallest absolute Gasteiger partial charge is 0.338 e. The molecule has 0 aliphatic carbocycles. The third kappa shape index (κ3) is 5.87. The van der Waals surface area contributed by atoms with Crippen molar-refractivity contribution in [2.75, 3.05) is 32.6 Å². The van der Waals surface area contributed by atoms with Crippen molar-refractivity contribution in [2.24, 2.45) is 0 Å². The van der Waals surface area contributed by atoms with Gasteiger partial charge in [0.15, 0.2) is 6.10 Å². The van der Waals surface area contributed by atoms with Crippen molar-refractivity contribution in [1.82, 2.24) is 4.31 Å². The summed E-state index contributed by atoms with van der Waals surface area (Å²) in [6.07, 6.45) is 2.38. The highest BCUT2D eigenvalue weighted by molar-refractivity contribution is 7.89. The molecule has 184 valence electrons. The fourth-order valence-corrected chi connectivity index (χ4v) is 5.39. The summed E-state index contributed by atoms with van der Waals surface area (Å²) in [4.78, 5) is 25.2. The molecule has 1 heterocycles. The van der Waals surface area contributed by atoms with E-state index in [-0.39, 0.29) is 16.2 Å². The number of hydrogen-bond donors (Lipinski definition) is 1. The van der Waals surface area contributed by atoms with Crippen molar-refractivity contribution < 1.29 is 32.2 Å². The molecule has 1 fully saturated rings. The van der Waals surface area contributed by atoms with E-state index < -0.39 is 28.0 Å². The molecule has 0 radical (unpaired) electrons. The Morgan fingerprint density at radius 2 is 1.59 bits per heavy atom. The third-order valence-electron chi connectivity index (χ3n) is 5.60. The van der Waals surface area contributed by atoms with Crippen LogP contribution < -0.4 is 14.8 Å². The maximum Gasteiger partial charge on any atom is 0.338 e. The monoisotopic (exact) mass is 490 g/mol. The quantitative estimate of drug-likeness (QED) is 0.564. The van der Waals surface area contributed by atoms with Crippen LogP contribution in [0.5, 0.6) is 11.5 Å². The number of nitrogens with one attached hydrogen (secondary N) is 1. The number of sulfonamides is 1. The second kappa shape index (κ2) is 11.3. The standard InChI is InChI=1S/C24H30N2O7S/c1-17(23(27)25-19-10-6-7-11-20(19)31-2)33-24(28)18-12-13-21(32-3)22(16-18)34(29,30)26-14-8-4-5-9-15-26/h6-7,10-13,16-17H,4-5,8-9,14-15H2,1-3H3,(H,25,27). The summed E-state index contributed by atoms with van der Waals surface area (Å²) in [5.74, 6) is -0.767. The molecule has 1 unspecified atom stereocenters. The van der Waals surface area contributed by atoms with Gasteiger partial charge in [-0.05, 0) is 50.1 Å². The number of benzene rings is 2. The number of ether oxygens (including phenoxy) is 3. The van der Waals surface area contributed by atoms with Crippen molar-refractivity contribution in [3.05, 3.63) is 48.0 Å². The minimum Gasteiger partial charge on any atom is -0.495 e. The molecule has 1 aliphatic rings. The highest BCUT2D eigenvalue weighted by Gasteiger charge is 2.30. The van der Waals surface area contributed by atoms with Crippen molar-refractivity contribution in [3.63, 3.8) is 0 Å². The first-order valence-corrected chi connectivity index (χ1v) is 12.5. The number of rotatable bonds is 8. The molecule has 0 saturated carbocycles. The second-order valence-corrected chi connectivity index (χ2v) is 9.83. The van der Waals surface area contributed by atoms with Gasteiger partial charge in [0, 0.05) is 13.1 Å². The van der Waals surface area contributed by atoms with Gasteiger partial charge in [-0.3, -0.25) is 4.79 Å². The van der Waals surface area contributed by atoms with E-state index in [1.165, 1.54) is 43.6 Å². The Balaban J connectivity index is 1.77. The number of nitrogens with zero attached hydrogens (tertiary/aromatic N) is 1. The molecule has 3 rings (SSSR count). The van der Waals surface area contributed by atoms with Gasteiger partial charge in [0.1, 0.15) is 16.4 Å². The lowest BCUT2D eigenvalue weighted by atomic mass is 10.2. The predicted molar refractivity (Wildman–Crippen MR) is 127 cm³/mol. The zero-order valence-corrected chi connectivity index (χ0v) is 20.4. The average Bonchev–Trinajstić information content (AvgIpc) is 3.14. The molecule has 10 heteroatoms. The molecule has 1 N–H and O–H groups in total. The molecular formula is C24H30N2O7S. The van der Waals surface area contributed by atoms with Crippen LogP contribution in [0.3, 0.4) is 0 Å². The number of methoxy groups -OCH3 is 2. The summed E-state index contributed by atoms with van der Waals surface area (Å²) in [5, 5.41) is 2.66. The van der Waals surface area contributed by atoms with Gasteiger partial charge in [0.2, 0.25) is 10.0 Å². The minimum absolute atomic E-state index is 0.00568. The number of esters is 1. The molecule has 0 spiro atoms. The Morgan fingerprint density at radius 1 is 0.941 bits per heavy atom. The Bertz CT molecular complexity index is 1130. The van der Waals surface area contributed by atoms with E-state index >= 15 is 0 Å². The van der Waals surface area contributed by atoms with Crippen molar-refractivity contribution >= 4 is 27.6 Å². The van der Waals surface area contributed by atoms with Gasteiger partial charge >= 0.3 is 5.97 Å². The van der Waals surface area contributed by atoms with E-state index in [0.717, 1.165) is 25.7 Å². The van der Waals surface area contributed by atoms with Gasteiger partial charge in [-0.1, -0.05) is 25.0 Å². The predicted octanol–water partition coefficient (Wildman–Crippen LogP) is 3.45. The minimum atomic E-state index is -3.87. The molecule has 1 atom stereocenters. The SMILES string of the molecule is COc1ccccc1NC(=O)C(C)OC(=O)c1ccc(OC)c(S(=O)(=O)N2CCCCCC2)c1. The fourth-order valence-electron chi connectivity index (χ4n) is 3.69. The summed E-state index contributed by atoms with van der Waals surface area (Å²) in [5.41, 5.74) is 0.444. The molecule has 0 bridgehead atoms. The lowest BCUT2D eigenvalue weighted by molar-refractivity contribution is -0.123. The van der Waals surface area contributed by atoms with Crippen molar-refractivity contribution in [1.29, 1.82) is 0 Å². The molecule has 2 aromatic carbocycles. The van der Waals surface area contributed by atoms with E-state index in [4.69, 9.17) is 14.2 Å². The lowest BCUT2D eigenvalue weighted by Crippen LogP contribution is -2.32. The van der Waals surface area contributed by atoms with E-state index in [1.54, 1.807) is 24.3 Å². The van der Waals surface area contributed by atoms with Gasteiger partial charge < -0.3 is 19.5 Å². The largest absolute Gasteiger partial charge is 0.495 e. The van der Waals surface area contributed by atoms with Crippen LogP contribution in [0.1, 0.15) is 43.0 Å². The number of amides is 1. The summed E-state index contributed by atoms with van der Waals surface area (Å²) in [7, 11) is -1.01. The lowest BCUT2D eigenvalue weighted by Gasteiger charge is -2.21. The normalized spacial score (nSPS) is 15.6. The first-order chi connectivity index (χ1) is 16.3. The highest BCUT2D eigenvalue weighted by atomic mass is 32.2. The molecule has 1 aliphatic heterocycles. The van der Waals surface area contributed by atoms with Crippen LogP contribution in [0, 0.1) is 0 Å². The number of carbonyl (C=O) groups excluding carboxylic acids is 2. The first kappa shape index (κ1) is 25.5. The fraction of sp³-hybridized carbons (Fsp3) is 0.417. The van der Waals surface area contributed by atoms with E-state index in [2.05, 4.69) is 5.32 Å². The van der Waals surface area contributed by atoms with Crippen LogP contribution in [0.2, 0.25) is 0 Å². The second-order valence-electron chi connectivity index (χ2n) is 7.92. The Labute approximate surface area is 200 Å². The van der Waals surface area contributed by atoms with Crippen molar-refractivity contribution in [3.8, 4) is 11.5 Å². The van der Waals surface area contributed by atoms with Crippen LogP contribution >= 0.6 is 0 Å². The number of para-hydroxylation sites is 2. The van der Waals surface area contributed by atoms with Crippen LogP contribution in [0.25, 0.3) is 0 Å². The van der Waals surface area contributed by atoms with Crippen molar-refractivity contribution in [2.45, 2.75) is 43.6 Å². The van der Waals surface area contributed by atoms with Gasteiger partial charge in [-0.25, -0.2) is 13.2 Å². The Hall–Kier alpha value is -3.11. The van der Waals surface area contributed by atoms with E-state index in [9.17, 15) is 18.0 Å². The molecule has 34 heavy (non-hydrogen) atoms. The van der Waals surface area contributed by atoms with Gasteiger partial charge in [0.05, 0.1) is 25.5 Å². The third-order valence-corrected chi connectivity index (χ3v) is 7.52. The highest BCUT2D eigenvalue weighted by Crippen LogP contribution is 2.30. The molecule has 9 nitrogen and oxygen atoms in total. The average molecular weight is 491 g/mol. The molecule has 2 aromatic rings. The summed E-state index contributed by atoms with van der Waals surface area (Å²) in [6.45, 7) is 2.27. The van der Waals surface area contributed by atoms with E-state index in [0.29, 0.717) is 24.5 Å². The molecule has 1 amide bonds. The zero-order chi connectivity index (χ0) is 24.7. The number of hydrogen-bond acceptors (Lipinski definition) is 7. The maximum atomic E-state index is 13.3. The van der Waals surface area contributed by atoms with Crippen LogP contribution in [0.15, 0.2) is 47.4 Å². The number of carbonyl (C=O) groups is 2. The van der Waals surface area contributed by atoms with E-state index in [1.807, 2.05) is 0 Å². The Kier molecular flexibility index (Phi) is 8.51. The van der Waals surface area contributed by atoms with Gasteiger partial charge in [0.25, 0.3) is 5.91 Å². The van der Waals surface area contributed by atoms with Gasteiger partial charge in [-0.2, -0.15) is 4.31 Å². The first-order valence-electron chi connectivity index (χ1n) is 11.1. The van der Waals surface area contributed by atoms with Crippen LogP contribution in [-0.2, 0) is 19.6 Å². The van der Waals surface area contributed by atoms with Gasteiger partial charge in [-0.15, -0.1) is 0 Å². The summed E-state index contributed by atoms with van der Waals surface area (Å²) in [6, 6.07) is 10.9.